The molecule has 1 saturated carbocycles. The molecule has 0 bridgehead atoms. The van der Waals surface area contributed by atoms with Crippen molar-refractivity contribution < 1.29 is 32.3 Å². The molecule has 3 amide bonds. The summed E-state index contributed by atoms with van der Waals surface area (Å²) in [5, 5.41) is 5.96. The van der Waals surface area contributed by atoms with Crippen molar-refractivity contribution in [1.29, 1.82) is 0 Å². The van der Waals surface area contributed by atoms with Crippen molar-refractivity contribution in [3.63, 3.8) is 0 Å². The summed E-state index contributed by atoms with van der Waals surface area (Å²) in [6.07, 6.45) is 0.727. The molecule has 43 heavy (non-hydrogen) atoms. The number of carbonyl (C=O) groups excluding carboxylic acids is 3. The Morgan fingerprint density at radius 3 is 2.37 bits per heavy atom. The lowest BCUT2D eigenvalue weighted by Crippen LogP contribution is -2.59. The second-order valence-corrected chi connectivity index (χ2v) is 13.8. The molecule has 2 aliphatic heterocycles. The molecule has 2 fully saturated rings. The first kappa shape index (κ1) is 29.2. The third-order valence-corrected chi connectivity index (χ3v) is 10.1. The van der Waals surface area contributed by atoms with Gasteiger partial charge in [0.25, 0.3) is 11.8 Å². The maximum atomic E-state index is 14.0. The molecule has 1 aliphatic carbocycles. The van der Waals surface area contributed by atoms with Crippen LogP contribution in [0.2, 0.25) is 5.02 Å². The van der Waals surface area contributed by atoms with Gasteiger partial charge in [-0.25, -0.2) is 13.2 Å². The summed E-state index contributed by atoms with van der Waals surface area (Å²) in [6, 6.07) is 18.5. The molecule has 0 aromatic heterocycles. The minimum absolute atomic E-state index is 0.00113. The van der Waals surface area contributed by atoms with Crippen molar-refractivity contribution in [1.82, 2.24) is 10.6 Å². The number of ether oxygens (including phenoxy) is 2. The highest BCUT2D eigenvalue weighted by Crippen LogP contribution is 2.47. The van der Waals surface area contributed by atoms with Gasteiger partial charge in [-0.1, -0.05) is 54.1 Å². The van der Waals surface area contributed by atoms with Crippen molar-refractivity contribution in [2.45, 2.75) is 43.0 Å². The molecule has 1 spiro atoms. The third kappa shape index (κ3) is 6.24. The van der Waals surface area contributed by atoms with Crippen LogP contribution in [0.4, 0.5) is 10.5 Å². The van der Waals surface area contributed by atoms with Gasteiger partial charge in [-0.2, -0.15) is 0 Å². The van der Waals surface area contributed by atoms with Crippen LogP contribution in [0.15, 0.2) is 77.7 Å². The van der Waals surface area contributed by atoms with Gasteiger partial charge < -0.3 is 25.0 Å². The fourth-order valence-corrected chi connectivity index (χ4v) is 7.48. The maximum Gasteiger partial charge on any atom is 0.408 e. The zero-order valence-electron chi connectivity index (χ0n) is 23.1. The zero-order valence-corrected chi connectivity index (χ0v) is 24.7. The maximum absolute atomic E-state index is 14.0. The van der Waals surface area contributed by atoms with E-state index in [1.54, 1.807) is 48.5 Å². The number of rotatable bonds is 7. The summed E-state index contributed by atoms with van der Waals surface area (Å²) >= 11 is 6.05. The Bertz CT molecular complexity index is 1650. The Labute approximate surface area is 254 Å². The summed E-state index contributed by atoms with van der Waals surface area (Å²) < 4.78 is 37.7. The quantitative estimate of drug-likeness (QED) is 0.409. The van der Waals surface area contributed by atoms with Gasteiger partial charge >= 0.3 is 6.09 Å². The van der Waals surface area contributed by atoms with Crippen LogP contribution < -0.4 is 15.5 Å². The fourth-order valence-electron chi connectivity index (χ4n) is 5.75. The number of nitrogens with one attached hydrogen (secondary N) is 2. The van der Waals surface area contributed by atoms with Crippen molar-refractivity contribution in [2.24, 2.45) is 5.41 Å². The Hall–Kier alpha value is -3.93. The van der Waals surface area contributed by atoms with Crippen molar-refractivity contribution in [3.05, 3.63) is 94.5 Å². The lowest BCUT2D eigenvalue weighted by Gasteiger charge is -2.53. The molecule has 0 radical (unpaired) electrons. The Morgan fingerprint density at radius 1 is 0.977 bits per heavy atom. The molecule has 1 atom stereocenters. The first-order valence-electron chi connectivity index (χ1n) is 13.9. The molecule has 12 heteroatoms. The molecule has 3 aromatic rings. The number of sulfone groups is 1. The van der Waals surface area contributed by atoms with Crippen molar-refractivity contribution in [2.75, 3.05) is 23.9 Å². The summed E-state index contributed by atoms with van der Waals surface area (Å²) in [6.45, 7) is 1.33. The summed E-state index contributed by atoms with van der Waals surface area (Å²) in [7, 11) is -4.07. The summed E-state index contributed by atoms with van der Waals surface area (Å²) in [4.78, 5) is 41.0. The number of anilines is 1. The monoisotopic (exact) mass is 623 g/mol. The highest BCUT2D eigenvalue weighted by atomic mass is 35.5. The second-order valence-electron chi connectivity index (χ2n) is 11.3. The molecule has 2 heterocycles. The topological polar surface area (TPSA) is 131 Å². The number of hydrogen-bond acceptors (Lipinski definition) is 7. The SMILES string of the molecule is O=C(N[C@H]1CS(=O)(=O)c2ccc(C(=O)NC3CC4(COC4)C3)cc2N(Cc2ccc(Cl)cc2)C1=O)OCc1ccccc1. The molecule has 3 aromatic carbocycles. The van der Waals surface area contributed by atoms with Gasteiger partial charge in [0, 0.05) is 22.0 Å². The van der Waals surface area contributed by atoms with E-state index in [0.717, 1.165) is 18.4 Å². The van der Waals surface area contributed by atoms with E-state index < -0.39 is 33.6 Å². The average molecular weight is 624 g/mol. The van der Waals surface area contributed by atoms with E-state index in [9.17, 15) is 22.8 Å². The summed E-state index contributed by atoms with van der Waals surface area (Å²) in [5.74, 6) is -1.69. The second kappa shape index (κ2) is 11.6. The van der Waals surface area contributed by atoms with Crippen molar-refractivity contribution in [3.8, 4) is 0 Å². The predicted molar refractivity (Wildman–Crippen MR) is 158 cm³/mol. The van der Waals surface area contributed by atoms with Crippen LogP contribution in [0.1, 0.15) is 34.3 Å². The molecule has 6 rings (SSSR count). The van der Waals surface area contributed by atoms with Crippen LogP contribution in [0.25, 0.3) is 0 Å². The first-order valence-corrected chi connectivity index (χ1v) is 15.9. The van der Waals surface area contributed by atoms with Crippen LogP contribution in [0, 0.1) is 5.41 Å². The van der Waals surface area contributed by atoms with Crippen LogP contribution in [0.5, 0.6) is 0 Å². The van der Waals surface area contributed by atoms with Gasteiger partial charge in [0.05, 0.1) is 36.1 Å². The minimum atomic E-state index is -4.07. The van der Waals surface area contributed by atoms with E-state index in [-0.39, 0.29) is 46.7 Å². The van der Waals surface area contributed by atoms with Gasteiger partial charge in [-0.15, -0.1) is 0 Å². The molecule has 10 nitrogen and oxygen atoms in total. The Morgan fingerprint density at radius 2 is 1.70 bits per heavy atom. The predicted octanol–water partition coefficient (Wildman–Crippen LogP) is 3.86. The number of benzene rings is 3. The van der Waals surface area contributed by atoms with E-state index in [2.05, 4.69) is 10.6 Å². The molecular formula is C31H30ClN3O7S. The lowest BCUT2D eigenvalue weighted by molar-refractivity contribution is -0.165. The van der Waals surface area contributed by atoms with Crippen LogP contribution in [-0.2, 0) is 37.3 Å². The first-order chi connectivity index (χ1) is 20.6. The Balaban J connectivity index is 1.27. The third-order valence-electron chi connectivity index (χ3n) is 8.07. The van der Waals surface area contributed by atoms with Gasteiger partial charge in [0.1, 0.15) is 12.6 Å². The highest BCUT2D eigenvalue weighted by molar-refractivity contribution is 7.91. The molecule has 1 saturated heterocycles. The fraction of sp³-hybridized carbons (Fsp3) is 0.323. The number of hydrogen-bond donors (Lipinski definition) is 2. The normalized spacial score (nSPS) is 20.3. The van der Waals surface area contributed by atoms with Gasteiger partial charge in [0.2, 0.25) is 0 Å². The van der Waals surface area contributed by atoms with Crippen LogP contribution in [-0.4, -0.2) is 57.4 Å². The number of carbonyl (C=O) groups is 3. The van der Waals surface area contributed by atoms with Crippen LogP contribution in [0.3, 0.4) is 0 Å². The van der Waals surface area contributed by atoms with Crippen LogP contribution >= 0.6 is 11.6 Å². The number of halogens is 1. The van der Waals surface area contributed by atoms with E-state index in [0.29, 0.717) is 23.8 Å². The van der Waals surface area contributed by atoms with E-state index >= 15 is 0 Å². The van der Waals surface area contributed by atoms with E-state index in [1.807, 2.05) is 6.07 Å². The molecule has 2 N–H and O–H groups in total. The number of nitrogens with zero attached hydrogens (tertiary/aromatic N) is 1. The van der Waals surface area contributed by atoms with Crippen molar-refractivity contribution >= 4 is 45.0 Å². The van der Waals surface area contributed by atoms with Gasteiger partial charge in [0.15, 0.2) is 9.84 Å². The minimum Gasteiger partial charge on any atom is -0.445 e. The Kier molecular flexibility index (Phi) is 7.89. The highest BCUT2D eigenvalue weighted by Gasteiger charge is 2.50. The lowest BCUT2D eigenvalue weighted by atomic mass is 9.64. The van der Waals surface area contributed by atoms with E-state index in [1.165, 1.54) is 23.1 Å². The standard InChI is InChI=1S/C31H30ClN3O7S/c32-23-9-6-20(7-10-23)15-35-26-12-22(28(36)33-24-13-31(14-24)18-41-19-31)8-11-27(26)43(39,40)17-25(29(35)37)34-30(38)42-16-21-4-2-1-3-5-21/h1-12,24-25H,13-19H2,(H,33,36)(H,34,38)/t25-/m0/s1. The largest absolute Gasteiger partial charge is 0.445 e. The van der Waals surface area contributed by atoms with Gasteiger partial charge in [-0.05, 0) is 54.3 Å². The number of alkyl carbamates (subject to hydrolysis) is 1. The zero-order chi connectivity index (χ0) is 30.2. The summed E-state index contributed by atoms with van der Waals surface area (Å²) in [5.41, 5.74) is 1.85. The molecular weight excluding hydrogens is 594 g/mol. The smallest absolute Gasteiger partial charge is 0.408 e. The number of amides is 3. The molecule has 0 unspecified atom stereocenters. The van der Waals surface area contributed by atoms with Gasteiger partial charge in [-0.3, -0.25) is 9.59 Å². The number of fused-ring (bicyclic) bond motifs is 1. The average Bonchev–Trinajstić information content (AvgIpc) is 3.02. The molecule has 224 valence electrons. The molecule has 3 aliphatic rings. The van der Waals surface area contributed by atoms with E-state index in [4.69, 9.17) is 21.1 Å².